The van der Waals surface area contributed by atoms with Gasteiger partial charge in [-0.3, -0.25) is 4.79 Å². The first-order valence-corrected chi connectivity index (χ1v) is 11.1. The molecule has 1 aromatic heterocycles. The van der Waals surface area contributed by atoms with Gasteiger partial charge in [-0.25, -0.2) is 9.97 Å². The Morgan fingerprint density at radius 2 is 1.53 bits per heavy atom. The van der Waals surface area contributed by atoms with Crippen LogP contribution in [0.25, 0.3) is 0 Å². The standard InChI is InChI=1S/C23H28F3N5O/c1-17-27-20(29-8-3-2-4-9-29)16-21(28-17)30-10-12-31(13-11-30)22(32)15-18-6-5-7-19(14-18)23(24,25)26/h5-7,14,16H,2-4,8-13,15H2,1H3. The summed E-state index contributed by atoms with van der Waals surface area (Å²) < 4.78 is 38.8. The molecule has 6 nitrogen and oxygen atoms in total. The number of hydrogen-bond donors (Lipinski definition) is 0. The number of piperidine rings is 1. The lowest BCUT2D eigenvalue weighted by Crippen LogP contribution is -2.49. The van der Waals surface area contributed by atoms with E-state index >= 15 is 0 Å². The lowest BCUT2D eigenvalue weighted by Gasteiger charge is -2.36. The second kappa shape index (κ2) is 9.34. The van der Waals surface area contributed by atoms with E-state index in [1.807, 2.05) is 13.0 Å². The number of alkyl halides is 3. The molecule has 2 aliphatic heterocycles. The summed E-state index contributed by atoms with van der Waals surface area (Å²) in [5.74, 6) is 2.39. The maximum Gasteiger partial charge on any atom is 0.416 e. The molecule has 0 spiro atoms. The van der Waals surface area contributed by atoms with Crippen molar-refractivity contribution < 1.29 is 18.0 Å². The van der Waals surface area contributed by atoms with Gasteiger partial charge in [0.2, 0.25) is 5.91 Å². The number of nitrogens with zero attached hydrogens (tertiary/aromatic N) is 5. The number of anilines is 2. The Labute approximate surface area is 186 Å². The van der Waals surface area contributed by atoms with E-state index < -0.39 is 11.7 Å². The van der Waals surface area contributed by atoms with E-state index in [-0.39, 0.29) is 12.3 Å². The summed E-state index contributed by atoms with van der Waals surface area (Å²) in [5.41, 5.74) is -0.346. The minimum Gasteiger partial charge on any atom is -0.356 e. The molecule has 0 aliphatic carbocycles. The second-order valence-electron chi connectivity index (χ2n) is 8.42. The fraction of sp³-hybridized carbons (Fsp3) is 0.522. The quantitative estimate of drug-likeness (QED) is 0.716. The Kier molecular flexibility index (Phi) is 6.53. The van der Waals surface area contributed by atoms with Gasteiger partial charge in [-0.2, -0.15) is 13.2 Å². The zero-order chi connectivity index (χ0) is 22.7. The molecule has 172 valence electrons. The van der Waals surface area contributed by atoms with Crippen LogP contribution < -0.4 is 9.80 Å². The number of aromatic nitrogens is 2. The maximum absolute atomic E-state index is 12.9. The van der Waals surface area contributed by atoms with E-state index in [0.717, 1.165) is 42.7 Å². The van der Waals surface area contributed by atoms with E-state index in [9.17, 15) is 18.0 Å². The zero-order valence-corrected chi connectivity index (χ0v) is 18.2. The van der Waals surface area contributed by atoms with Crippen molar-refractivity contribution in [3.63, 3.8) is 0 Å². The van der Waals surface area contributed by atoms with Crippen molar-refractivity contribution in [1.82, 2.24) is 14.9 Å². The fourth-order valence-corrected chi connectivity index (χ4v) is 4.31. The van der Waals surface area contributed by atoms with E-state index in [1.54, 1.807) is 11.0 Å². The summed E-state index contributed by atoms with van der Waals surface area (Å²) in [6, 6.07) is 7.02. The molecule has 0 saturated carbocycles. The highest BCUT2D eigenvalue weighted by Gasteiger charge is 2.31. The van der Waals surface area contributed by atoms with Gasteiger partial charge in [0.25, 0.3) is 0 Å². The zero-order valence-electron chi connectivity index (χ0n) is 18.2. The average molecular weight is 448 g/mol. The van der Waals surface area contributed by atoms with Crippen molar-refractivity contribution in [2.24, 2.45) is 0 Å². The van der Waals surface area contributed by atoms with E-state index in [1.165, 1.54) is 25.3 Å². The van der Waals surface area contributed by atoms with Crippen molar-refractivity contribution in [3.05, 3.63) is 47.3 Å². The molecule has 3 heterocycles. The van der Waals surface area contributed by atoms with Crippen LogP contribution >= 0.6 is 0 Å². The molecule has 0 radical (unpaired) electrons. The number of halogens is 3. The van der Waals surface area contributed by atoms with Crippen LogP contribution in [-0.2, 0) is 17.4 Å². The highest BCUT2D eigenvalue weighted by Crippen LogP contribution is 2.30. The number of carbonyl (C=O) groups excluding carboxylic acids is 1. The summed E-state index contributed by atoms with van der Waals surface area (Å²) in [6.45, 7) is 6.20. The monoisotopic (exact) mass is 447 g/mol. The van der Waals surface area contributed by atoms with Gasteiger partial charge in [-0.1, -0.05) is 18.2 Å². The third-order valence-electron chi connectivity index (χ3n) is 6.06. The summed E-state index contributed by atoms with van der Waals surface area (Å²) in [4.78, 5) is 28.1. The fourth-order valence-electron chi connectivity index (χ4n) is 4.31. The first kappa shape index (κ1) is 22.4. The third-order valence-corrected chi connectivity index (χ3v) is 6.06. The van der Waals surface area contributed by atoms with E-state index in [4.69, 9.17) is 0 Å². The van der Waals surface area contributed by atoms with Gasteiger partial charge in [-0.05, 0) is 37.8 Å². The lowest BCUT2D eigenvalue weighted by molar-refractivity contribution is -0.138. The Hall–Kier alpha value is -2.84. The Morgan fingerprint density at radius 1 is 0.906 bits per heavy atom. The smallest absolute Gasteiger partial charge is 0.356 e. The molecule has 2 saturated heterocycles. The number of aryl methyl sites for hydroxylation is 1. The van der Waals surface area contributed by atoms with Gasteiger partial charge in [0.1, 0.15) is 17.5 Å². The molecule has 0 unspecified atom stereocenters. The molecule has 9 heteroatoms. The molecule has 4 rings (SSSR count). The minimum atomic E-state index is -4.41. The molecular weight excluding hydrogens is 419 g/mol. The van der Waals surface area contributed by atoms with Crippen LogP contribution in [0.5, 0.6) is 0 Å². The predicted molar refractivity (Wildman–Crippen MR) is 117 cm³/mol. The number of amides is 1. The van der Waals surface area contributed by atoms with Crippen LogP contribution in [-0.4, -0.2) is 60.0 Å². The molecule has 2 fully saturated rings. The Bertz CT molecular complexity index is 951. The number of hydrogen-bond acceptors (Lipinski definition) is 5. The van der Waals surface area contributed by atoms with Crippen molar-refractivity contribution >= 4 is 17.5 Å². The van der Waals surface area contributed by atoms with Crippen molar-refractivity contribution in [3.8, 4) is 0 Å². The van der Waals surface area contributed by atoms with Gasteiger partial charge < -0.3 is 14.7 Å². The largest absolute Gasteiger partial charge is 0.416 e. The molecule has 32 heavy (non-hydrogen) atoms. The number of piperazine rings is 1. The number of benzene rings is 1. The molecule has 0 atom stereocenters. The van der Waals surface area contributed by atoms with Gasteiger partial charge >= 0.3 is 6.18 Å². The number of carbonyl (C=O) groups is 1. The van der Waals surface area contributed by atoms with Crippen molar-refractivity contribution in [2.75, 3.05) is 49.1 Å². The molecule has 0 N–H and O–H groups in total. The highest BCUT2D eigenvalue weighted by atomic mass is 19.4. The average Bonchev–Trinajstić information content (AvgIpc) is 2.79. The van der Waals surface area contributed by atoms with Gasteiger partial charge in [0, 0.05) is 45.3 Å². The van der Waals surface area contributed by atoms with Crippen LogP contribution in [0.2, 0.25) is 0 Å². The molecule has 0 bridgehead atoms. The van der Waals surface area contributed by atoms with E-state index in [2.05, 4.69) is 19.8 Å². The normalized spacial score (nSPS) is 17.6. The second-order valence-corrected chi connectivity index (χ2v) is 8.42. The first-order valence-electron chi connectivity index (χ1n) is 11.1. The van der Waals surface area contributed by atoms with Crippen molar-refractivity contribution in [1.29, 1.82) is 0 Å². The van der Waals surface area contributed by atoms with Crippen LogP contribution in [0.3, 0.4) is 0 Å². The third kappa shape index (κ3) is 5.31. The Balaban J connectivity index is 1.37. The summed E-state index contributed by atoms with van der Waals surface area (Å²) >= 11 is 0. The van der Waals surface area contributed by atoms with Crippen LogP contribution in [0.15, 0.2) is 30.3 Å². The van der Waals surface area contributed by atoms with E-state index in [0.29, 0.717) is 31.7 Å². The lowest BCUT2D eigenvalue weighted by atomic mass is 10.1. The highest BCUT2D eigenvalue weighted by molar-refractivity contribution is 5.79. The first-order chi connectivity index (χ1) is 15.3. The van der Waals surface area contributed by atoms with Crippen LogP contribution in [0, 0.1) is 6.92 Å². The summed E-state index contributed by atoms with van der Waals surface area (Å²) in [6.07, 6.45) is -0.844. The van der Waals surface area contributed by atoms with Crippen LogP contribution in [0.4, 0.5) is 24.8 Å². The summed E-state index contributed by atoms with van der Waals surface area (Å²) in [5, 5.41) is 0. The van der Waals surface area contributed by atoms with Crippen LogP contribution in [0.1, 0.15) is 36.2 Å². The Morgan fingerprint density at radius 3 is 2.16 bits per heavy atom. The topological polar surface area (TPSA) is 52.6 Å². The predicted octanol–water partition coefficient (Wildman–Crippen LogP) is 3.69. The molecular formula is C23H28F3N5O. The molecule has 1 amide bonds. The molecule has 2 aliphatic rings. The summed E-state index contributed by atoms with van der Waals surface area (Å²) in [7, 11) is 0. The molecule has 1 aromatic carbocycles. The maximum atomic E-state index is 12.9. The van der Waals surface area contributed by atoms with Gasteiger partial charge in [0.05, 0.1) is 12.0 Å². The van der Waals surface area contributed by atoms with Gasteiger partial charge in [-0.15, -0.1) is 0 Å². The van der Waals surface area contributed by atoms with Crippen molar-refractivity contribution in [2.45, 2.75) is 38.8 Å². The van der Waals surface area contributed by atoms with Gasteiger partial charge in [0.15, 0.2) is 0 Å². The SMILES string of the molecule is Cc1nc(N2CCCCC2)cc(N2CCN(C(=O)Cc3cccc(C(F)(F)F)c3)CC2)n1. The number of rotatable bonds is 4. The molecule has 2 aromatic rings. The minimum absolute atomic E-state index is 0.0321.